The molecule has 1 aliphatic heterocycles. The number of hydrogen-bond donors (Lipinski definition) is 1. The lowest BCUT2D eigenvalue weighted by atomic mass is 10.1. The van der Waals surface area contributed by atoms with Crippen molar-refractivity contribution in [3.05, 3.63) is 41.0 Å². The molecule has 19 heavy (non-hydrogen) atoms. The minimum atomic E-state index is 1.18. The molecule has 1 aromatic carbocycles. The predicted octanol–water partition coefficient (Wildman–Crippen LogP) is 1.97. The molecule has 2 rings (SSSR count). The number of nitrogens with zero attached hydrogens (tertiary/aromatic N) is 1. The highest BCUT2D eigenvalue weighted by atomic mass is 15.3. The van der Waals surface area contributed by atoms with Crippen molar-refractivity contribution in [2.45, 2.75) is 27.7 Å². The molecule has 0 radical (unpaired) electrons. The highest BCUT2D eigenvalue weighted by Gasteiger charge is 2.21. The molecule has 0 unspecified atom stereocenters. The number of benzene rings is 1. The van der Waals surface area contributed by atoms with E-state index in [1.165, 1.54) is 55.1 Å². The highest BCUT2D eigenvalue weighted by molar-refractivity contribution is 5.55. The van der Waals surface area contributed by atoms with Gasteiger partial charge in [0.25, 0.3) is 0 Å². The number of aryl methyl sites for hydroxylation is 2. The summed E-state index contributed by atoms with van der Waals surface area (Å²) in [5.74, 6) is 0. The standard InChI is InChI=1S/C17H26N2/c1-5-14(2)13-18-8-10-19(11-9-18)17-12-15(3)6-7-16(17)4/h5-7,12H,8-11,13H2,1-4H3/p+1/b14-5-. The van der Waals surface area contributed by atoms with Gasteiger partial charge in [-0.15, -0.1) is 0 Å². The zero-order chi connectivity index (χ0) is 13.8. The Morgan fingerprint density at radius 1 is 1.26 bits per heavy atom. The van der Waals surface area contributed by atoms with Crippen molar-refractivity contribution < 1.29 is 4.90 Å². The molecule has 0 amide bonds. The van der Waals surface area contributed by atoms with Crippen molar-refractivity contribution in [2.24, 2.45) is 0 Å². The summed E-state index contributed by atoms with van der Waals surface area (Å²) >= 11 is 0. The first kappa shape index (κ1) is 14.1. The summed E-state index contributed by atoms with van der Waals surface area (Å²) in [7, 11) is 0. The fourth-order valence-corrected chi connectivity index (χ4v) is 2.80. The van der Waals surface area contributed by atoms with Gasteiger partial charge in [0.1, 0.15) is 0 Å². The number of piperazine rings is 1. The van der Waals surface area contributed by atoms with Gasteiger partial charge in [-0.25, -0.2) is 0 Å². The van der Waals surface area contributed by atoms with Gasteiger partial charge < -0.3 is 9.80 Å². The van der Waals surface area contributed by atoms with Crippen molar-refractivity contribution in [1.29, 1.82) is 0 Å². The van der Waals surface area contributed by atoms with Crippen LogP contribution in [0.5, 0.6) is 0 Å². The second-order valence-electron chi connectivity index (χ2n) is 5.84. The maximum atomic E-state index is 2.55. The first-order valence-electron chi connectivity index (χ1n) is 7.37. The van der Waals surface area contributed by atoms with Gasteiger partial charge in [0.05, 0.1) is 32.7 Å². The topological polar surface area (TPSA) is 7.68 Å². The summed E-state index contributed by atoms with van der Waals surface area (Å²) in [6.45, 7) is 14.8. The largest absolute Gasteiger partial charge is 0.360 e. The van der Waals surface area contributed by atoms with Gasteiger partial charge in [-0.3, -0.25) is 0 Å². The lowest BCUT2D eigenvalue weighted by Gasteiger charge is -2.34. The number of nitrogens with one attached hydrogen (secondary N) is 1. The normalized spacial score (nSPS) is 17.9. The molecule has 1 N–H and O–H groups in total. The summed E-state index contributed by atoms with van der Waals surface area (Å²) in [4.78, 5) is 4.27. The van der Waals surface area contributed by atoms with Crippen LogP contribution < -0.4 is 9.80 Å². The van der Waals surface area contributed by atoms with Crippen molar-refractivity contribution >= 4 is 5.69 Å². The number of allylic oxidation sites excluding steroid dienone is 1. The fraction of sp³-hybridized carbons (Fsp3) is 0.529. The Bertz CT molecular complexity index is 454. The maximum absolute atomic E-state index is 2.55. The Morgan fingerprint density at radius 2 is 1.95 bits per heavy atom. The van der Waals surface area contributed by atoms with E-state index in [1.807, 2.05) is 0 Å². The molecule has 0 aliphatic carbocycles. The molecule has 1 fully saturated rings. The van der Waals surface area contributed by atoms with Gasteiger partial charge in [-0.2, -0.15) is 0 Å². The molecule has 1 aliphatic rings. The van der Waals surface area contributed by atoms with Gasteiger partial charge in [0.2, 0.25) is 0 Å². The molecule has 1 saturated heterocycles. The van der Waals surface area contributed by atoms with E-state index in [0.29, 0.717) is 0 Å². The van der Waals surface area contributed by atoms with E-state index >= 15 is 0 Å². The van der Waals surface area contributed by atoms with E-state index in [9.17, 15) is 0 Å². The van der Waals surface area contributed by atoms with E-state index in [1.54, 1.807) is 4.90 Å². The number of hydrogen-bond acceptors (Lipinski definition) is 1. The molecule has 1 aromatic rings. The van der Waals surface area contributed by atoms with E-state index in [-0.39, 0.29) is 0 Å². The molecule has 2 heteroatoms. The summed E-state index contributed by atoms with van der Waals surface area (Å²) < 4.78 is 0. The molecule has 0 bridgehead atoms. The summed E-state index contributed by atoms with van der Waals surface area (Å²) in [5, 5.41) is 0. The van der Waals surface area contributed by atoms with Crippen LogP contribution >= 0.6 is 0 Å². The Kier molecular flexibility index (Phi) is 4.65. The monoisotopic (exact) mass is 259 g/mol. The van der Waals surface area contributed by atoms with E-state index in [0.717, 1.165) is 0 Å². The SMILES string of the molecule is C/C=C(/C)C[NH+]1CCN(c2cc(C)ccc2C)CC1. The van der Waals surface area contributed by atoms with Gasteiger partial charge in [0, 0.05) is 5.69 Å². The third kappa shape index (κ3) is 3.60. The van der Waals surface area contributed by atoms with Gasteiger partial charge >= 0.3 is 0 Å². The van der Waals surface area contributed by atoms with Crippen LogP contribution in [-0.2, 0) is 0 Å². The number of rotatable bonds is 3. The van der Waals surface area contributed by atoms with Crippen LogP contribution in [-0.4, -0.2) is 32.7 Å². The zero-order valence-electron chi connectivity index (χ0n) is 12.8. The Morgan fingerprint density at radius 3 is 2.58 bits per heavy atom. The van der Waals surface area contributed by atoms with Crippen molar-refractivity contribution in [2.75, 3.05) is 37.6 Å². The Balaban J connectivity index is 1.98. The quantitative estimate of drug-likeness (QED) is 0.816. The fourth-order valence-electron chi connectivity index (χ4n) is 2.80. The molecule has 0 aromatic heterocycles. The smallest absolute Gasteiger partial charge is 0.0985 e. The van der Waals surface area contributed by atoms with Crippen LogP contribution in [0.25, 0.3) is 0 Å². The van der Waals surface area contributed by atoms with Crippen LogP contribution in [0, 0.1) is 13.8 Å². The maximum Gasteiger partial charge on any atom is 0.0985 e. The molecule has 0 atom stereocenters. The number of anilines is 1. The average molecular weight is 259 g/mol. The first-order chi connectivity index (χ1) is 9.10. The van der Waals surface area contributed by atoms with Crippen molar-refractivity contribution in [1.82, 2.24) is 0 Å². The molecule has 1 heterocycles. The van der Waals surface area contributed by atoms with Crippen LogP contribution in [0.4, 0.5) is 5.69 Å². The van der Waals surface area contributed by atoms with Crippen LogP contribution in [0.1, 0.15) is 25.0 Å². The van der Waals surface area contributed by atoms with Crippen LogP contribution in [0.2, 0.25) is 0 Å². The molecule has 0 saturated carbocycles. The molecule has 0 spiro atoms. The third-order valence-electron chi connectivity index (χ3n) is 4.20. The second kappa shape index (κ2) is 6.25. The lowest BCUT2D eigenvalue weighted by molar-refractivity contribution is -0.895. The minimum absolute atomic E-state index is 1.18. The second-order valence-corrected chi connectivity index (χ2v) is 5.84. The molecule has 104 valence electrons. The van der Waals surface area contributed by atoms with Crippen molar-refractivity contribution in [3.8, 4) is 0 Å². The molecular weight excluding hydrogens is 232 g/mol. The Hall–Kier alpha value is -1.28. The van der Waals surface area contributed by atoms with E-state index < -0.39 is 0 Å². The zero-order valence-corrected chi connectivity index (χ0v) is 12.8. The first-order valence-corrected chi connectivity index (χ1v) is 7.37. The van der Waals surface area contributed by atoms with Crippen LogP contribution in [0.15, 0.2) is 29.8 Å². The van der Waals surface area contributed by atoms with Crippen molar-refractivity contribution in [3.63, 3.8) is 0 Å². The predicted molar refractivity (Wildman–Crippen MR) is 83.1 cm³/mol. The lowest BCUT2D eigenvalue weighted by Crippen LogP contribution is -3.15. The van der Waals surface area contributed by atoms with Gasteiger partial charge in [-0.05, 0) is 50.5 Å². The van der Waals surface area contributed by atoms with Crippen LogP contribution in [0.3, 0.4) is 0 Å². The van der Waals surface area contributed by atoms with E-state index in [4.69, 9.17) is 0 Å². The van der Waals surface area contributed by atoms with E-state index in [2.05, 4.69) is 56.9 Å². The minimum Gasteiger partial charge on any atom is -0.360 e. The average Bonchev–Trinajstić information content (AvgIpc) is 2.42. The number of quaternary nitrogens is 1. The molecule has 2 nitrogen and oxygen atoms in total. The third-order valence-corrected chi connectivity index (χ3v) is 4.20. The van der Waals surface area contributed by atoms with Gasteiger partial charge in [0.15, 0.2) is 0 Å². The highest BCUT2D eigenvalue weighted by Crippen LogP contribution is 2.21. The summed E-state index contributed by atoms with van der Waals surface area (Å²) in [5.41, 5.74) is 5.70. The van der Waals surface area contributed by atoms with Gasteiger partial charge in [-0.1, -0.05) is 18.2 Å². The summed E-state index contributed by atoms with van der Waals surface area (Å²) in [6, 6.07) is 6.78. The molecular formula is C17H27N2+. The summed E-state index contributed by atoms with van der Waals surface area (Å²) in [6.07, 6.45) is 2.24. The Labute approximate surface area is 117 Å².